The molecule has 0 aliphatic heterocycles. The van der Waals surface area contributed by atoms with Crippen LogP contribution in [0.15, 0.2) is 35.2 Å². The molecule has 0 unspecified atom stereocenters. The fourth-order valence-electron chi connectivity index (χ4n) is 2.69. The van der Waals surface area contributed by atoms with E-state index in [1.807, 2.05) is 10.9 Å². The number of hydrogen-bond donors (Lipinski definition) is 2. The van der Waals surface area contributed by atoms with E-state index in [4.69, 9.17) is 0 Å². The highest BCUT2D eigenvalue weighted by Crippen LogP contribution is 2.32. The van der Waals surface area contributed by atoms with Gasteiger partial charge in [0.15, 0.2) is 0 Å². The molecule has 8 heteroatoms. The monoisotopic (exact) mass is 368 g/mol. The van der Waals surface area contributed by atoms with Crippen molar-refractivity contribution in [3.05, 3.63) is 51.5 Å². The number of rotatable bonds is 4. The van der Waals surface area contributed by atoms with Crippen LogP contribution in [0.25, 0.3) is 0 Å². The zero-order valence-corrected chi connectivity index (χ0v) is 14.6. The highest BCUT2D eigenvalue weighted by molar-refractivity contribution is 7.89. The molecule has 3 rings (SSSR count). The summed E-state index contributed by atoms with van der Waals surface area (Å²) in [4.78, 5) is 15.6. The molecule has 2 N–H and O–H groups in total. The van der Waals surface area contributed by atoms with E-state index in [1.54, 1.807) is 0 Å². The normalized spacial score (nSPS) is 17.3. The van der Waals surface area contributed by atoms with E-state index >= 15 is 0 Å². The van der Waals surface area contributed by atoms with Gasteiger partial charge in [0.25, 0.3) is 15.9 Å². The summed E-state index contributed by atoms with van der Waals surface area (Å²) in [6, 6.07) is 6.40. The van der Waals surface area contributed by atoms with Crippen molar-refractivity contribution in [2.24, 2.45) is 5.92 Å². The zero-order chi connectivity index (χ0) is 17.3. The first-order chi connectivity index (χ1) is 11.3. The topological polar surface area (TPSA) is 75.3 Å². The molecule has 1 heterocycles. The van der Waals surface area contributed by atoms with Crippen LogP contribution in [0.4, 0.5) is 4.39 Å². The smallest absolute Gasteiger partial charge is 0.273 e. The molecule has 0 spiro atoms. The molecule has 1 aliphatic rings. The largest absolute Gasteiger partial charge is 0.276 e. The second-order valence-electron chi connectivity index (χ2n) is 5.92. The van der Waals surface area contributed by atoms with Gasteiger partial charge in [0.1, 0.15) is 5.82 Å². The number of nitrogens with one attached hydrogen (secondary N) is 2. The number of amides is 1. The fourth-order valence-corrected chi connectivity index (χ4v) is 4.66. The van der Waals surface area contributed by atoms with Crippen LogP contribution >= 0.6 is 11.3 Å². The van der Waals surface area contributed by atoms with Gasteiger partial charge >= 0.3 is 0 Å². The molecule has 1 aliphatic carbocycles. The molecule has 0 saturated carbocycles. The summed E-state index contributed by atoms with van der Waals surface area (Å²) in [7, 11) is -4.01. The Morgan fingerprint density at radius 2 is 2.12 bits per heavy atom. The lowest BCUT2D eigenvalue weighted by atomic mass is 9.90. The number of carbonyl (C=O) groups excluding carboxylic acids is 1. The molecule has 1 atom stereocenters. The minimum absolute atomic E-state index is 0.248. The van der Waals surface area contributed by atoms with Gasteiger partial charge in [-0.05, 0) is 55.0 Å². The van der Waals surface area contributed by atoms with Gasteiger partial charge in [-0.1, -0.05) is 13.0 Å². The number of benzene rings is 1. The number of thiophene rings is 1. The number of hydrazine groups is 1. The number of halogens is 1. The standard InChI is InChI=1S/C16H17FN2O3S2/c1-10-5-6-14-11(7-10)8-15(23-14)16(20)18-19-24(21,22)13-4-2-3-12(17)9-13/h2-4,8-10,19H,5-7H2,1H3,(H,18,20)/t10-/m0/s1. The SMILES string of the molecule is C[C@H]1CCc2sc(C(=O)NNS(=O)(=O)c3cccc(F)c3)cc2C1. The Bertz CT molecular complexity index is 877. The van der Waals surface area contributed by atoms with E-state index in [2.05, 4.69) is 12.3 Å². The summed E-state index contributed by atoms with van der Waals surface area (Å²) >= 11 is 1.39. The van der Waals surface area contributed by atoms with Gasteiger partial charge in [-0.2, -0.15) is 0 Å². The first kappa shape index (κ1) is 17.1. The molecule has 1 amide bonds. The van der Waals surface area contributed by atoms with Crippen LogP contribution in [-0.4, -0.2) is 14.3 Å². The Hall–Kier alpha value is -1.77. The molecule has 1 aromatic heterocycles. The molecular weight excluding hydrogens is 351 g/mol. The van der Waals surface area contributed by atoms with E-state index in [0.29, 0.717) is 10.8 Å². The highest BCUT2D eigenvalue weighted by Gasteiger charge is 2.22. The number of carbonyl (C=O) groups is 1. The molecule has 0 radical (unpaired) electrons. The molecule has 24 heavy (non-hydrogen) atoms. The lowest BCUT2D eigenvalue weighted by Gasteiger charge is -2.16. The molecule has 128 valence electrons. The van der Waals surface area contributed by atoms with Gasteiger partial charge in [0.05, 0.1) is 9.77 Å². The van der Waals surface area contributed by atoms with Crippen molar-refractivity contribution in [3.8, 4) is 0 Å². The molecule has 0 fully saturated rings. The summed E-state index contributed by atoms with van der Waals surface area (Å²) in [5, 5.41) is 0. The lowest BCUT2D eigenvalue weighted by molar-refractivity contribution is 0.0949. The van der Waals surface area contributed by atoms with Crippen molar-refractivity contribution < 1.29 is 17.6 Å². The summed E-state index contributed by atoms with van der Waals surface area (Å²) < 4.78 is 37.3. The third-order valence-electron chi connectivity index (χ3n) is 3.96. The molecule has 0 bridgehead atoms. The number of aryl methyl sites for hydroxylation is 1. The zero-order valence-electron chi connectivity index (χ0n) is 13.0. The van der Waals surface area contributed by atoms with Crippen LogP contribution in [-0.2, 0) is 22.9 Å². The van der Waals surface area contributed by atoms with Crippen molar-refractivity contribution in [1.29, 1.82) is 0 Å². The molecule has 5 nitrogen and oxygen atoms in total. The van der Waals surface area contributed by atoms with Crippen LogP contribution in [0.5, 0.6) is 0 Å². The Labute approximate surface area is 143 Å². The van der Waals surface area contributed by atoms with Gasteiger partial charge in [-0.15, -0.1) is 16.2 Å². The van der Waals surface area contributed by atoms with Crippen LogP contribution < -0.4 is 10.3 Å². The van der Waals surface area contributed by atoms with Gasteiger partial charge in [0.2, 0.25) is 0 Å². The molecule has 2 aromatic rings. The number of sulfonamides is 1. The summed E-state index contributed by atoms with van der Waals surface area (Å²) in [6.07, 6.45) is 2.98. The maximum atomic E-state index is 13.1. The lowest BCUT2D eigenvalue weighted by Crippen LogP contribution is -2.41. The maximum absolute atomic E-state index is 13.1. The number of fused-ring (bicyclic) bond motifs is 1. The van der Waals surface area contributed by atoms with Crippen LogP contribution in [0.1, 0.15) is 33.5 Å². The van der Waals surface area contributed by atoms with Crippen molar-refractivity contribution >= 4 is 27.3 Å². The Morgan fingerprint density at radius 1 is 1.33 bits per heavy atom. The second kappa shape index (κ2) is 6.62. The molecule has 1 aromatic carbocycles. The van der Waals surface area contributed by atoms with Gasteiger partial charge < -0.3 is 0 Å². The van der Waals surface area contributed by atoms with Crippen LogP contribution in [0.2, 0.25) is 0 Å². The average molecular weight is 368 g/mol. The first-order valence-electron chi connectivity index (χ1n) is 7.54. The predicted octanol–water partition coefficient (Wildman–Crippen LogP) is 2.64. The minimum Gasteiger partial charge on any atom is -0.273 e. The summed E-state index contributed by atoms with van der Waals surface area (Å²) in [5.41, 5.74) is 3.35. The quantitative estimate of drug-likeness (QED) is 0.815. The Kier molecular flexibility index (Phi) is 4.71. The van der Waals surface area contributed by atoms with Gasteiger partial charge in [-0.25, -0.2) is 12.8 Å². The first-order valence-corrected chi connectivity index (χ1v) is 9.84. The Balaban J connectivity index is 1.69. The average Bonchev–Trinajstić information content (AvgIpc) is 2.96. The van der Waals surface area contributed by atoms with Crippen molar-refractivity contribution in [2.45, 2.75) is 31.1 Å². The third kappa shape index (κ3) is 3.66. The fraction of sp³-hybridized carbons (Fsp3) is 0.312. The summed E-state index contributed by atoms with van der Waals surface area (Å²) in [6.45, 7) is 2.17. The number of hydrogen-bond acceptors (Lipinski definition) is 4. The highest BCUT2D eigenvalue weighted by atomic mass is 32.2. The van der Waals surface area contributed by atoms with Gasteiger partial charge in [-0.3, -0.25) is 10.2 Å². The van der Waals surface area contributed by atoms with E-state index in [9.17, 15) is 17.6 Å². The van der Waals surface area contributed by atoms with Crippen molar-refractivity contribution in [1.82, 2.24) is 10.3 Å². The maximum Gasteiger partial charge on any atom is 0.276 e. The molecular formula is C16H17FN2O3S2. The van der Waals surface area contributed by atoms with Crippen LogP contribution in [0.3, 0.4) is 0 Å². The third-order valence-corrected chi connectivity index (χ3v) is 6.44. The van der Waals surface area contributed by atoms with E-state index in [1.165, 1.54) is 28.3 Å². The summed E-state index contributed by atoms with van der Waals surface area (Å²) in [5.74, 6) is -0.583. The predicted molar refractivity (Wildman–Crippen MR) is 89.7 cm³/mol. The van der Waals surface area contributed by atoms with E-state index < -0.39 is 21.7 Å². The Morgan fingerprint density at radius 3 is 2.88 bits per heavy atom. The van der Waals surface area contributed by atoms with Crippen molar-refractivity contribution in [2.75, 3.05) is 0 Å². The van der Waals surface area contributed by atoms with Gasteiger partial charge in [0, 0.05) is 4.88 Å². The van der Waals surface area contributed by atoms with Crippen molar-refractivity contribution in [3.63, 3.8) is 0 Å². The second-order valence-corrected chi connectivity index (χ2v) is 8.74. The minimum atomic E-state index is -4.01. The molecule has 0 saturated heterocycles. The van der Waals surface area contributed by atoms with E-state index in [-0.39, 0.29) is 4.90 Å². The van der Waals surface area contributed by atoms with E-state index in [0.717, 1.165) is 37.0 Å². The van der Waals surface area contributed by atoms with Crippen LogP contribution in [0, 0.1) is 11.7 Å².